The van der Waals surface area contributed by atoms with Crippen LogP contribution >= 0.6 is 11.3 Å². The summed E-state index contributed by atoms with van der Waals surface area (Å²) in [5.41, 5.74) is 2.14. The average molecular weight is 306 g/mol. The van der Waals surface area contributed by atoms with E-state index in [2.05, 4.69) is 15.7 Å². The Hall–Kier alpha value is -1.43. The summed E-state index contributed by atoms with van der Waals surface area (Å²) in [5.74, 6) is 0.893. The first kappa shape index (κ1) is 15.9. The van der Waals surface area contributed by atoms with E-state index in [1.165, 1.54) is 0 Å². The molecule has 0 aliphatic carbocycles. The Morgan fingerprint density at radius 2 is 2.05 bits per heavy atom. The van der Waals surface area contributed by atoms with E-state index in [1.54, 1.807) is 11.3 Å². The first-order valence-electron chi connectivity index (χ1n) is 7.32. The van der Waals surface area contributed by atoms with Gasteiger partial charge in [0.25, 0.3) is 0 Å². The quantitative estimate of drug-likeness (QED) is 0.700. The zero-order valence-electron chi connectivity index (χ0n) is 12.3. The van der Waals surface area contributed by atoms with Crippen LogP contribution in [0.1, 0.15) is 18.4 Å². The Kier molecular flexibility index (Phi) is 6.66. The van der Waals surface area contributed by atoms with Gasteiger partial charge in [0.1, 0.15) is 5.75 Å². The molecule has 4 nitrogen and oxygen atoms in total. The minimum atomic E-state index is 0.242. The average Bonchev–Trinajstić information content (AvgIpc) is 2.97. The van der Waals surface area contributed by atoms with Gasteiger partial charge in [0.2, 0.25) is 0 Å². The van der Waals surface area contributed by atoms with Gasteiger partial charge in [-0.25, -0.2) is 4.98 Å². The van der Waals surface area contributed by atoms with Crippen molar-refractivity contribution in [3.8, 4) is 17.0 Å². The molecular weight excluding hydrogens is 284 g/mol. The molecule has 0 aliphatic rings. The summed E-state index contributed by atoms with van der Waals surface area (Å²) in [5, 5.41) is 15.2. The van der Waals surface area contributed by atoms with Gasteiger partial charge in [-0.3, -0.25) is 0 Å². The van der Waals surface area contributed by atoms with Gasteiger partial charge in [-0.1, -0.05) is 0 Å². The minimum absolute atomic E-state index is 0.242. The Labute approximate surface area is 129 Å². The molecule has 0 unspecified atom stereocenters. The van der Waals surface area contributed by atoms with Gasteiger partial charge in [-0.05, 0) is 44.2 Å². The molecule has 0 radical (unpaired) electrons. The Bertz CT molecular complexity index is 525. The van der Waals surface area contributed by atoms with Crippen molar-refractivity contribution in [3.63, 3.8) is 0 Å². The molecule has 0 saturated heterocycles. The van der Waals surface area contributed by atoms with Gasteiger partial charge >= 0.3 is 0 Å². The van der Waals surface area contributed by atoms with Gasteiger partial charge in [0.15, 0.2) is 0 Å². The molecule has 0 fully saturated rings. The third-order valence-corrected chi connectivity index (χ3v) is 3.95. The highest BCUT2D eigenvalue weighted by Gasteiger charge is 2.05. The Morgan fingerprint density at radius 1 is 1.24 bits per heavy atom. The number of aliphatic hydroxyl groups excluding tert-OH is 1. The third kappa shape index (κ3) is 5.12. The number of thiazole rings is 1. The molecule has 0 saturated carbocycles. The van der Waals surface area contributed by atoms with E-state index in [0.717, 1.165) is 47.9 Å². The van der Waals surface area contributed by atoms with E-state index in [4.69, 9.17) is 9.84 Å². The summed E-state index contributed by atoms with van der Waals surface area (Å²) >= 11 is 1.69. The van der Waals surface area contributed by atoms with E-state index in [9.17, 15) is 0 Å². The van der Waals surface area contributed by atoms with Gasteiger partial charge in [0, 0.05) is 30.5 Å². The van der Waals surface area contributed by atoms with Crippen molar-refractivity contribution in [1.29, 1.82) is 0 Å². The number of nitrogens with one attached hydrogen (secondary N) is 1. The van der Waals surface area contributed by atoms with Crippen molar-refractivity contribution in [2.45, 2.75) is 19.8 Å². The van der Waals surface area contributed by atoms with Crippen LogP contribution in [0.4, 0.5) is 0 Å². The van der Waals surface area contributed by atoms with Crippen LogP contribution in [0, 0.1) is 0 Å². The summed E-state index contributed by atoms with van der Waals surface area (Å²) in [6.07, 6.45) is 1.72. The van der Waals surface area contributed by atoms with Crippen LogP contribution in [0.25, 0.3) is 11.3 Å². The standard InChI is InChI=1S/C16H22N2O2S/c1-2-20-14-6-4-13(5-7-14)15-12-21-16(18-15)8-10-17-9-3-11-19/h4-7,12,17,19H,2-3,8-11H2,1H3. The number of aliphatic hydroxyl groups is 1. The molecule has 0 bridgehead atoms. The number of rotatable bonds is 9. The Morgan fingerprint density at radius 3 is 2.76 bits per heavy atom. The maximum absolute atomic E-state index is 8.71. The van der Waals surface area contributed by atoms with E-state index in [-0.39, 0.29) is 6.61 Å². The molecule has 1 heterocycles. The summed E-state index contributed by atoms with van der Waals surface area (Å²) in [4.78, 5) is 4.66. The second kappa shape index (κ2) is 8.77. The van der Waals surface area contributed by atoms with Crippen LogP contribution in [0.5, 0.6) is 5.75 Å². The maximum Gasteiger partial charge on any atom is 0.119 e. The van der Waals surface area contributed by atoms with E-state index in [1.807, 2.05) is 31.2 Å². The maximum atomic E-state index is 8.71. The van der Waals surface area contributed by atoms with Crippen molar-refractivity contribution in [2.24, 2.45) is 0 Å². The first-order chi connectivity index (χ1) is 10.3. The normalized spacial score (nSPS) is 10.8. The topological polar surface area (TPSA) is 54.4 Å². The van der Waals surface area contributed by atoms with Crippen molar-refractivity contribution < 1.29 is 9.84 Å². The van der Waals surface area contributed by atoms with Gasteiger partial charge in [0.05, 0.1) is 17.3 Å². The molecule has 0 amide bonds. The highest BCUT2D eigenvalue weighted by Crippen LogP contribution is 2.24. The van der Waals surface area contributed by atoms with Crippen molar-refractivity contribution >= 4 is 11.3 Å². The van der Waals surface area contributed by atoms with Crippen LogP contribution < -0.4 is 10.1 Å². The molecule has 0 aliphatic heterocycles. The summed E-state index contributed by atoms with van der Waals surface area (Å²) in [7, 11) is 0. The number of hydrogen-bond acceptors (Lipinski definition) is 5. The largest absolute Gasteiger partial charge is 0.494 e. The fourth-order valence-electron chi connectivity index (χ4n) is 1.97. The zero-order valence-corrected chi connectivity index (χ0v) is 13.2. The van der Waals surface area contributed by atoms with Crippen LogP contribution in [-0.4, -0.2) is 36.4 Å². The molecule has 2 N–H and O–H groups in total. The molecule has 0 atom stereocenters. The molecule has 1 aromatic heterocycles. The van der Waals surface area contributed by atoms with Gasteiger partial charge in [-0.15, -0.1) is 11.3 Å². The smallest absolute Gasteiger partial charge is 0.119 e. The van der Waals surface area contributed by atoms with Crippen molar-refractivity contribution in [3.05, 3.63) is 34.7 Å². The van der Waals surface area contributed by atoms with Crippen molar-refractivity contribution in [2.75, 3.05) is 26.3 Å². The predicted octanol–water partition coefficient (Wildman–Crippen LogP) is 2.72. The molecule has 1 aromatic carbocycles. The van der Waals surface area contributed by atoms with Gasteiger partial charge in [-0.2, -0.15) is 0 Å². The summed E-state index contributed by atoms with van der Waals surface area (Å²) < 4.78 is 5.44. The molecule has 5 heteroatoms. The first-order valence-corrected chi connectivity index (χ1v) is 8.20. The molecular formula is C16H22N2O2S. The number of nitrogens with zero attached hydrogens (tertiary/aromatic N) is 1. The lowest BCUT2D eigenvalue weighted by atomic mass is 10.2. The molecule has 114 valence electrons. The monoisotopic (exact) mass is 306 g/mol. The van der Waals surface area contributed by atoms with Crippen LogP contribution in [0.3, 0.4) is 0 Å². The number of aromatic nitrogens is 1. The van der Waals surface area contributed by atoms with Crippen LogP contribution in [0.2, 0.25) is 0 Å². The highest BCUT2D eigenvalue weighted by atomic mass is 32.1. The second-order valence-electron chi connectivity index (χ2n) is 4.66. The van der Waals surface area contributed by atoms with Gasteiger partial charge < -0.3 is 15.2 Å². The zero-order chi connectivity index (χ0) is 14.9. The van der Waals surface area contributed by atoms with Crippen LogP contribution in [-0.2, 0) is 6.42 Å². The van der Waals surface area contributed by atoms with Crippen molar-refractivity contribution in [1.82, 2.24) is 10.3 Å². The van der Waals surface area contributed by atoms with E-state index >= 15 is 0 Å². The molecule has 2 aromatic rings. The lowest BCUT2D eigenvalue weighted by Gasteiger charge is -2.03. The number of hydrogen-bond donors (Lipinski definition) is 2. The summed E-state index contributed by atoms with van der Waals surface area (Å²) in [6, 6.07) is 8.05. The lowest BCUT2D eigenvalue weighted by molar-refractivity contribution is 0.286. The minimum Gasteiger partial charge on any atom is -0.494 e. The van der Waals surface area contributed by atoms with Crippen LogP contribution in [0.15, 0.2) is 29.6 Å². The number of benzene rings is 1. The summed E-state index contributed by atoms with van der Waals surface area (Å²) in [6.45, 7) is 4.66. The fourth-order valence-corrected chi connectivity index (χ4v) is 2.78. The number of ether oxygens (including phenoxy) is 1. The van der Waals surface area contributed by atoms with E-state index < -0.39 is 0 Å². The lowest BCUT2D eigenvalue weighted by Crippen LogP contribution is -2.19. The second-order valence-corrected chi connectivity index (χ2v) is 5.60. The molecule has 21 heavy (non-hydrogen) atoms. The van der Waals surface area contributed by atoms with E-state index in [0.29, 0.717) is 6.61 Å². The highest BCUT2D eigenvalue weighted by molar-refractivity contribution is 7.09. The molecule has 2 rings (SSSR count). The molecule has 0 spiro atoms. The predicted molar refractivity (Wildman–Crippen MR) is 87.0 cm³/mol. The Balaban J connectivity index is 1.87. The third-order valence-electron chi connectivity index (χ3n) is 3.04. The fraction of sp³-hybridized carbons (Fsp3) is 0.438. The SMILES string of the molecule is CCOc1ccc(-c2csc(CCNCCCO)n2)cc1.